The molecule has 0 N–H and O–H groups in total. The van der Waals surface area contributed by atoms with Gasteiger partial charge >= 0.3 is 5.63 Å². The summed E-state index contributed by atoms with van der Waals surface area (Å²) in [4.78, 5) is 25.0. The number of hydrogen-bond acceptors (Lipinski definition) is 3. The third-order valence-electron chi connectivity index (χ3n) is 2.75. The maximum Gasteiger partial charge on any atom is 0.349 e. The molecule has 0 spiro atoms. The Balaban J connectivity index is 2.81. The molecule has 94 valence electrons. The van der Waals surface area contributed by atoms with E-state index in [4.69, 9.17) is 4.42 Å². The van der Waals surface area contributed by atoms with Crippen molar-refractivity contribution in [3.63, 3.8) is 0 Å². The average Bonchev–Trinajstić information content (AvgIpc) is 2.27. The molecule has 1 amide bonds. The highest BCUT2D eigenvalue weighted by Gasteiger charge is 2.19. The van der Waals surface area contributed by atoms with E-state index in [0.29, 0.717) is 10.9 Å². The number of nitrogens with zero attached hydrogens (tertiary/aromatic N) is 1. The van der Waals surface area contributed by atoms with E-state index in [1.807, 2.05) is 0 Å². The summed E-state index contributed by atoms with van der Waals surface area (Å²) in [6, 6.07) is 3.89. The number of amides is 1. The summed E-state index contributed by atoms with van der Waals surface area (Å²) in [6.45, 7) is 1.65. The third kappa shape index (κ3) is 1.88. The predicted octanol–water partition coefficient (Wildman–Crippen LogP) is 1.94. The molecule has 4 nitrogen and oxygen atoms in total. The van der Waals surface area contributed by atoms with Crippen LogP contribution in [0, 0.1) is 12.7 Å². The van der Waals surface area contributed by atoms with E-state index >= 15 is 0 Å². The van der Waals surface area contributed by atoms with Crippen molar-refractivity contribution in [1.29, 1.82) is 0 Å². The second-order valence-electron chi connectivity index (χ2n) is 4.23. The van der Waals surface area contributed by atoms with Gasteiger partial charge in [-0.3, -0.25) is 4.79 Å². The Morgan fingerprint density at radius 3 is 2.61 bits per heavy atom. The zero-order valence-corrected chi connectivity index (χ0v) is 10.3. The molecule has 0 aliphatic heterocycles. The van der Waals surface area contributed by atoms with Crippen molar-refractivity contribution in [2.75, 3.05) is 14.1 Å². The zero-order chi connectivity index (χ0) is 13.4. The molecule has 0 radical (unpaired) electrons. The lowest BCUT2D eigenvalue weighted by Gasteiger charge is -2.12. The Bertz CT molecular complexity index is 688. The topological polar surface area (TPSA) is 50.5 Å². The highest BCUT2D eigenvalue weighted by molar-refractivity contribution is 5.98. The van der Waals surface area contributed by atoms with E-state index in [2.05, 4.69) is 0 Å². The van der Waals surface area contributed by atoms with Crippen LogP contribution in [-0.2, 0) is 0 Å². The van der Waals surface area contributed by atoms with Gasteiger partial charge in [-0.2, -0.15) is 0 Å². The Morgan fingerprint density at radius 1 is 1.33 bits per heavy atom. The SMILES string of the molecule is Cc1c(C(=O)N(C)C)c(=O)oc2cc(F)ccc12. The number of benzene rings is 1. The van der Waals surface area contributed by atoms with E-state index in [1.54, 1.807) is 21.0 Å². The Labute approximate surface area is 103 Å². The Morgan fingerprint density at radius 2 is 2.00 bits per heavy atom. The van der Waals surface area contributed by atoms with E-state index in [-0.39, 0.29) is 11.1 Å². The van der Waals surface area contributed by atoms with Gasteiger partial charge in [0.05, 0.1) is 0 Å². The van der Waals surface area contributed by atoms with E-state index in [1.165, 1.54) is 17.0 Å². The van der Waals surface area contributed by atoms with Crippen LogP contribution in [0.3, 0.4) is 0 Å². The van der Waals surface area contributed by atoms with Gasteiger partial charge in [0.2, 0.25) is 0 Å². The zero-order valence-electron chi connectivity index (χ0n) is 10.3. The minimum Gasteiger partial charge on any atom is -0.422 e. The highest BCUT2D eigenvalue weighted by atomic mass is 19.1. The minimum absolute atomic E-state index is 0.0147. The summed E-state index contributed by atoms with van der Waals surface area (Å²) >= 11 is 0. The molecule has 1 aromatic heterocycles. The predicted molar refractivity (Wildman–Crippen MR) is 65.2 cm³/mol. The molecule has 0 saturated heterocycles. The minimum atomic E-state index is -0.746. The van der Waals surface area contributed by atoms with Gasteiger partial charge in [0.15, 0.2) is 0 Å². The van der Waals surface area contributed by atoms with Crippen LogP contribution in [-0.4, -0.2) is 24.9 Å². The molecule has 2 aromatic rings. The molecule has 0 atom stereocenters. The van der Waals surface area contributed by atoms with Gasteiger partial charge in [-0.05, 0) is 24.6 Å². The summed E-state index contributed by atoms with van der Waals surface area (Å²) in [6.07, 6.45) is 0. The fraction of sp³-hybridized carbons (Fsp3) is 0.231. The highest BCUT2D eigenvalue weighted by Crippen LogP contribution is 2.20. The maximum absolute atomic E-state index is 13.1. The van der Waals surface area contributed by atoms with Gasteiger partial charge < -0.3 is 9.32 Å². The van der Waals surface area contributed by atoms with Gasteiger partial charge in [-0.1, -0.05) is 0 Å². The fourth-order valence-corrected chi connectivity index (χ4v) is 1.80. The smallest absolute Gasteiger partial charge is 0.349 e. The molecule has 1 heterocycles. The van der Waals surface area contributed by atoms with Crippen molar-refractivity contribution in [3.8, 4) is 0 Å². The molecule has 0 saturated carbocycles. The van der Waals surface area contributed by atoms with E-state index in [9.17, 15) is 14.0 Å². The molecule has 0 aliphatic carbocycles. The van der Waals surface area contributed by atoms with E-state index in [0.717, 1.165) is 6.07 Å². The van der Waals surface area contributed by atoms with Crippen LogP contribution in [0.5, 0.6) is 0 Å². The van der Waals surface area contributed by atoms with Crippen molar-refractivity contribution in [2.45, 2.75) is 6.92 Å². The number of carbonyl (C=O) groups is 1. The van der Waals surface area contributed by atoms with Crippen LogP contribution >= 0.6 is 0 Å². The van der Waals surface area contributed by atoms with E-state index < -0.39 is 17.3 Å². The summed E-state index contributed by atoms with van der Waals surface area (Å²) in [5, 5.41) is 0.557. The standard InChI is InChI=1S/C13H12FNO3/c1-7-9-5-4-8(14)6-10(9)18-13(17)11(7)12(16)15(2)3/h4-6H,1-3H3. The fourth-order valence-electron chi connectivity index (χ4n) is 1.80. The van der Waals surface area contributed by atoms with Crippen molar-refractivity contribution in [1.82, 2.24) is 4.90 Å². The lowest BCUT2D eigenvalue weighted by molar-refractivity contribution is 0.0823. The number of fused-ring (bicyclic) bond motifs is 1. The number of rotatable bonds is 1. The summed E-state index contributed by atoms with van der Waals surface area (Å²) < 4.78 is 18.0. The number of halogens is 1. The molecule has 5 heteroatoms. The molecule has 0 bridgehead atoms. The van der Waals surface area contributed by atoms with Crippen LogP contribution in [0.15, 0.2) is 27.4 Å². The first-order chi connectivity index (χ1) is 8.41. The van der Waals surface area contributed by atoms with Crippen molar-refractivity contribution in [3.05, 3.63) is 45.6 Å². The monoisotopic (exact) mass is 249 g/mol. The molecule has 0 aliphatic rings. The van der Waals surface area contributed by atoms with Crippen LogP contribution < -0.4 is 5.63 Å². The Hall–Kier alpha value is -2.17. The first-order valence-corrected chi connectivity index (χ1v) is 5.36. The first-order valence-electron chi connectivity index (χ1n) is 5.36. The normalized spacial score (nSPS) is 10.7. The molecule has 1 aromatic carbocycles. The number of carbonyl (C=O) groups excluding carboxylic acids is 1. The van der Waals surface area contributed by atoms with Gasteiger partial charge in [0.25, 0.3) is 5.91 Å². The van der Waals surface area contributed by atoms with Gasteiger partial charge in [-0.25, -0.2) is 9.18 Å². The lowest BCUT2D eigenvalue weighted by Crippen LogP contribution is -2.28. The summed E-state index contributed by atoms with van der Waals surface area (Å²) in [5.41, 5.74) is -0.115. The quantitative estimate of drug-likeness (QED) is 0.726. The lowest BCUT2D eigenvalue weighted by atomic mass is 10.1. The van der Waals surface area contributed by atoms with Crippen molar-refractivity contribution < 1.29 is 13.6 Å². The van der Waals surface area contributed by atoms with Crippen molar-refractivity contribution >= 4 is 16.9 Å². The molecule has 2 rings (SSSR count). The van der Waals surface area contributed by atoms with Crippen LogP contribution in [0.1, 0.15) is 15.9 Å². The first kappa shape index (κ1) is 12.3. The molecule has 18 heavy (non-hydrogen) atoms. The molecule has 0 unspecified atom stereocenters. The van der Waals surface area contributed by atoms with Crippen LogP contribution in [0.25, 0.3) is 11.0 Å². The third-order valence-corrected chi connectivity index (χ3v) is 2.75. The van der Waals surface area contributed by atoms with Crippen LogP contribution in [0.2, 0.25) is 0 Å². The molecular weight excluding hydrogens is 237 g/mol. The molecule has 0 fully saturated rings. The Kier molecular flexibility index (Phi) is 2.90. The summed E-state index contributed by atoms with van der Waals surface area (Å²) in [5.74, 6) is -0.913. The molecular formula is C13H12FNO3. The summed E-state index contributed by atoms with van der Waals surface area (Å²) in [7, 11) is 3.10. The number of hydrogen-bond donors (Lipinski definition) is 0. The maximum atomic E-state index is 13.1. The van der Waals surface area contributed by atoms with Crippen molar-refractivity contribution in [2.24, 2.45) is 0 Å². The largest absolute Gasteiger partial charge is 0.422 e. The van der Waals surface area contributed by atoms with Gasteiger partial charge in [-0.15, -0.1) is 0 Å². The second-order valence-corrected chi connectivity index (χ2v) is 4.23. The van der Waals surface area contributed by atoms with Crippen LogP contribution in [0.4, 0.5) is 4.39 Å². The number of aryl methyl sites for hydroxylation is 1. The average molecular weight is 249 g/mol. The second kappa shape index (κ2) is 4.25. The van der Waals surface area contributed by atoms with Gasteiger partial charge in [0, 0.05) is 25.5 Å². The van der Waals surface area contributed by atoms with Gasteiger partial charge in [0.1, 0.15) is 17.0 Å².